The Bertz CT molecular complexity index is 2280. The van der Waals surface area contributed by atoms with Crippen LogP contribution in [0.25, 0.3) is 0 Å². The molecule has 0 spiro atoms. The SMILES string of the molecule is CC(C)CCc1ccc(N(c2cc(N(c3ccc(CCC(C)C)cn3)c3ccc(CCC(C)C)cn3)nc(N(c3ccc(CCC(C)C)cn3)c3ccc(CCC(C)C)cn3)c2)c2ccc(CCC(C)C)cn2)nc1. The molecular weight excluding hydrogens is 921 g/mol. The highest BCUT2D eigenvalue weighted by Crippen LogP contribution is 2.42. The molecule has 0 saturated heterocycles. The molecule has 0 bridgehead atoms. The van der Waals surface area contributed by atoms with Crippen LogP contribution in [0.4, 0.5) is 52.2 Å². The number of rotatable bonds is 27. The first kappa shape index (κ1) is 56.2. The lowest BCUT2D eigenvalue weighted by Crippen LogP contribution is -2.21. The summed E-state index contributed by atoms with van der Waals surface area (Å²) < 4.78 is 0. The molecule has 0 aromatic carbocycles. The quantitative estimate of drug-likeness (QED) is 0.0495. The Morgan fingerprint density at radius 2 is 0.467 bits per heavy atom. The van der Waals surface area contributed by atoms with Crippen LogP contribution in [-0.2, 0) is 38.5 Å². The lowest BCUT2D eigenvalue weighted by atomic mass is 10.0. The fraction of sp³-hybridized carbons (Fsp3) is 0.462. The number of pyridine rings is 7. The van der Waals surface area contributed by atoms with Crippen molar-refractivity contribution >= 4 is 52.2 Å². The highest BCUT2D eigenvalue weighted by Gasteiger charge is 2.27. The molecule has 0 saturated carbocycles. The molecule has 10 nitrogen and oxygen atoms in total. The van der Waals surface area contributed by atoms with E-state index in [1.165, 1.54) is 33.4 Å². The Morgan fingerprint density at radius 3 is 0.640 bits per heavy atom. The van der Waals surface area contributed by atoms with Gasteiger partial charge in [-0.15, -0.1) is 0 Å². The summed E-state index contributed by atoms with van der Waals surface area (Å²) in [4.78, 5) is 43.2. The van der Waals surface area contributed by atoms with Gasteiger partial charge in [-0.25, -0.2) is 34.9 Å². The third-order valence-corrected chi connectivity index (χ3v) is 13.8. The summed E-state index contributed by atoms with van der Waals surface area (Å²) in [6.45, 7) is 27.2. The first-order valence-electron chi connectivity index (χ1n) is 28.2. The van der Waals surface area contributed by atoms with Gasteiger partial charge in [-0.2, -0.15) is 0 Å². The maximum Gasteiger partial charge on any atom is 0.144 e. The molecule has 396 valence electrons. The summed E-state index contributed by atoms with van der Waals surface area (Å²) in [5.74, 6) is 9.08. The zero-order chi connectivity index (χ0) is 53.4. The summed E-state index contributed by atoms with van der Waals surface area (Å²) in [6, 6.07) is 30.1. The van der Waals surface area contributed by atoms with Crippen LogP contribution >= 0.6 is 0 Å². The third kappa shape index (κ3) is 16.7. The number of aryl methyl sites for hydroxylation is 6. The second kappa shape index (κ2) is 27.3. The molecule has 0 amide bonds. The van der Waals surface area contributed by atoms with Gasteiger partial charge in [0, 0.05) is 49.3 Å². The number of anilines is 9. The Kier molecular flexibility index (Phi) is 20.5. The summed E-state index contributed by atoms with van der Waals surface area (Å²) >= 11 is 0. The smallest absolute Gasteiger partial charge is 0.144 e. The maximum atomic E-state index is 5.67. The lowest BCUT2D eigenvalue weighted by Gasteiger charge is -2.30. The molecule has 7 aromatic rings. The van der Waals surface area contributed by atoms with Gasteiger partial charge < -0.3 is 0 Å². The molecule has 10 heteroatoms. The minimum Gasteiger partial charge on any atom is -0.279 e. The van der Waals surface area contributed by atoms with E-state index in [0.29, 0.717) is 70.4 Å². The van der Waals surface area contributed by atoms with E-state index in [0.717, 1.165) is 94.4 Å². The van der Waals surface area contributed by atoms with Gasteiger partial charge in [0.1, 0.15) is 46.5 Å². The second-order valence-corrected chi connectivity index (χ2v) is 23.3. The topological polar surface area (TPSA) is 100.0 Å². The minimum atomic E-state index is 0.587. The third-order valence-electron chi connectivity index (χ3n) is 13.8. The lowest BCUT2D eigenvalue weighted by molar-refractivity contribution is 0.586. The Labute approximate surface area is 451 Å². The molecule has 0 fully saturated rings. The largest absolute Gasteiger partial charge is 0.279 e. The number of nitrogens with zero attached hydrogens (tertiary/aromatic N) is 10. The van der Waals surface area contributed by atoms with Crippen LogP contribution in [0.2, 0.25) is 0 Å². The van der Waals surface area contributed by atoms with E-state index >= 15 is 0 Å². The van der Waals surface area contributed by atoms with Crippen molar-refractivity contribution < 1.29 is 0 Å². The van der Waals surface area contributed by atoms with E-state index in [1.807, 2.05) is 37.2 Å². The number of hydrogen-bond acceptors (Lipinski definition) is 10. The van der Waals surface area contributed by atoms with Crippen molar-refractivity contribution in [3.63, 3.8) is 0 Å². The first-order chi connectivity index (χ1) is 36.1. The van der Waals surface area contributed by atoms with Gasteiger partial charge in [0.05, 0.1) is 5.69 Å². The van der Waals surface area contributed by atoms with Crippen LogP contribution in [0, 0.1) is 35.5 Å². The Hall–Kier alpha value is -6.55. The van der Waals surface area contributed by atoms with Gasteiger partial charge in [-0.05, 0) is 182 Å². The zero-order valence-electron chi connectivity index (χ0n) is 47.5. The number of aromatic nitrogens is 7. The van der Waals surface area contributed by atoms with Gasteiger partial charge >= 0.3 is 0 Å². The fourth-order valence-corrected chi connectivity index (χ4v) is 8.85. The van der Waals surface area contributed by atoms with Crippen molar-refractivity contribution in [2.75, 3.05) is 14.7 Å². The van der Waals surface area contributed by atoms with Gasteiger partial charge in [-0.3, -0.25) is 14.7 Å². The van der Waals surface area contributed by atoms with E-state index in [1.54, 1.807) is 0 Å². The number of hydrogen-bond donors (Lipinski definition) is 0. The van der Waals surface area contributed by atoms with E-state index in [-0.39, 0.29) is 0 Å². The van der Waals surface area contributed by atoms with Gasteiger partial charge in [-0.1, -0.05) is 119 Å². The normalized spacial score (nSPS) is 11.8. The Balaban J connectivity index is 1.49. The van der Waals surface area contributed by atoms with Gasteiger partial charge in [0.2, 0.25) is 0 Å². The minimum absolute atomic E-state index is 0.587. The average Bonchev–Trinajstić information content (AvgIpc) is 3.40. The van der Waals surface area contributed by atoms with Crippen LogP contribution in [0.5, 0.6) is 0 Å². The molecule has 0 radical (unpaired) electrons. The second-order valence-electron chi connectivity index (χ2n) is 23.3. The highest BCUT2D eigenvalue weighted by molar-refractivity contribution is 5.83. The van der Waals surface area contributed by atoms with Crippen LogP contribution in [0.1, 0.15) is 155 Å². The molecular formula is C65H86N10. The fourth-order valence-electron chi connectivity index (χ4n) is 8.85. The summed E-state index contributed by atoms with van der Waals surface area (Å²) in [7, 11) is 0. The van der Waals surface area contributed by atoms with E-state index in [2.05, 4.69) is 183 Å². The van der Waals surface area contributed by atoms with E-state index in [9.17, 15) is 0 Å². The van der Waals surface area contributed by atoms with Crippen LogP contribution in [0.15, 0.2) is 122 Å². The molecule has 7 aromatic heterocycles. The average molecular weight is 1010 g/mol. The van der Waals surface area contributed by atoms with Crippen molar-refractivity contribution in [3.05, 3.63) is 155 Å². The van der Waals surface area contributed by atoms with Crippen LogP contribution in [-0.4, -0.2) is 34.9 Å². The molecule has 7 rings (SSSR count). The van der Waals surface area contributed by atoms with Crippen LogP contribution in [0.3, 0.4) is 0 Å². The summed E-state index contributed by atoms with van der Waals surface area (Å²) in [6.07, 6.45) is 24.3. The van der Waals surface area contributed by atoms with Crippen molar-refractivity contribution in [2.24, 2.45) is 35.5 Å². The maximum absolute atomic E-state index is 5.67. The van der Waals surface area contributed by atoms with Crippen LogP contribution < -0.4 is 14.7 Å². The molecule has 75 heavy (non-hydrogen) atoms. The van der Waals surface area contributed by atoms with Crippen molar-refractivity contribution in [1.29, 1.82) is 0 Å². The standard InChI is InChI=1S/C65H86N10/c1-45(2)13-19-51-25-31-58(66-39-51)73(59-32-26-52(40-67-59)20-14-46(3)4)57-37-64(74(60-33-27-53(41-68-60)21-15-47(5)6)61-34-28-54(42-69-61)22-16-48(7)8)72-65(38-57)75(62-35-29-55(43-70-62)23-17-49(9)10)63-36-30-56(44-71-63)24-18-50(11)12/h25-50H,13-24H2,1-12H3. The zero-order valence-corrected chi connectivity index (χ0v) is 47.5. The predicted molar refractivity (Wildman–Crippen MR) is 314 cm³/mol. The van der Waals surface area contributed by atoms with E-state index < -0.39 is 0 Å². The van der Waals surface area contributed by atoms with Gasteiger partial charge in [0.15, 0.2) is 0 Å². The van der Waals surface area contributed by atoms with Gasteiger partial charge in [0.25, 0.3) is 0 Å². The molecule has 0 atom stereocenters. The van der Waals surface area contributed by atoms with Crippen molar-refractivity contribution in [1.82, 2.24) is 34.9 Å². The highest BCUT2D eigenvalue weighted by atomic mass is 15.3. The van der Waals surface area contributed by atoms with Crippen molar-refractivity contribution in [3.8, 4) is 0 Å². The van der Waals surface area contributed by atoms with Crippen molar-refractivity contribution in [2.45, 2.75) is 160 Å². The molecule has 0 N–H and O–H groups in total. The molecule has 0 aliphatic carbocycles. The molecule has 0 aliphatic heterocycles. The Morgan fingerprint density at radius 1 is 0.267 bits per heavy atom. The molecule has 0 unspecified atom stereocenters. The first-order valence-corrected chi connectivity index (χ1v) is 28.2. The molecule has 7 heterocycles. The van der Waals surface area contributed by atoms with E-state index in [4.69, 9.17) is 34.9 Å². The summed E-state index contributed by atoms with van der Waals surface area (Å²) in [5, 5.41) is 0. The monoisotopic (exact) mass is 1010 g/mol. The summed E-state index contributed by atoms with van der Waals surface area (Å²) in [5.41, 5.74) is 7.99. The molecule has 0 aliphatic rings. The predicted octanol–water partition coefficient (Wildman–Crippen LogP) is 17.4.